The number of nitrogens with zero attached hydrogens (tertiary/aromatic N) is 2. The van der Waals surface area contributed by atoms with Gasteiger partial charge in [-0.1, -0.05) is 18.2 Å². The zero-order valence-corrected chi connectivity index (χ0v) is 10.6. The van der Waals surface area contributed by atoms with Crippen LogP contribution in [-0.2, 0) is 6.18 Å². The number of benzene rings is 2. The molecule has 3 nitrogen and oxygen atoms in total. The number of para-hydroxylation sites is 1. The molecule has 0 saturated carbocycles. The largest absolute Gasteiger partial charge is 0.416 e. The molecule has 0 aliphatic rings. The van der Waals surface area contributed by atoms with Crippen LogP contribution in [0.4, 0.5) is 13.2 Å². The molecule has 0 N–H and O–H groups in total. The molecular weight excluding hydrogens is 281 g/mol. The second-order valence-corrected chi connectivity index (χ2v) is 4.48. The van der Waals surface area contributed by atoms with E-state index in [-0.39, 0.29) is 10.9 Å². The lowest BCUT2D eigenvalue weighted by atomic mass is 10.1. The van der Waals surface area contributed by atoms with Crippen molar-refractivity contribution >= 4 is 10.9 Å². The molecule has 0 aliphatic carbocycles. The van der Waals surface area contributed by atoms with Gasteiger partial charge < -0.3 is 0 Å². The van der Waals surface area contributed by atoms with Crippen molar-refractivity contribution in [1.29, 1.82) is 0 Å². The minimum Gasteiger partial charge on any atom is -0.268 e. The van der Waals surface area contributed by atoms with E-state index in [1.807, 2.05) is 0 Å². The summed E-state index contributed by atoms with van der Waals surface area (Å²) in [6.45, 7) is 0. The van der Waals surface area contributed by atoms with Gasteiger partial charge in [0.05, 0.1) is 22.2 Å². The normalized spacial score (nSPS) is 11.8. The first kappa shape index (κ1) is 13.4. The van der Waals surface area contributed by atoms with Crippen molar-refractivity contribution in [3.8, 4) is 5.69 Å². The van der Waals surface area contributed by atoms with E-state index in [1.54, 1.807) is 30.3 Å². The highest BCUT2D eigenvalue weighted by atomic mass is 19.4. The Hall–Kier alpha value is -2.63. The van der Waals surface area contributed by atoms with Crippen molar-refractivity contribution in [2.24, 2.45) is 0 Å². The van der Waals surface area contributed by atoms with Crippen LogP contribution >= 0.6 is 0 Å². The number of halogens is 3. The first-order valence-electron chi connectivity index (χ1n) is 6.11. The third-order valence-electron chi connectivity index (χ3n) is 3.12. The highest BCUT2D eigenvalue weighted by Gasteiger charge is 2.30. The summed E-state index contributed by atoms with van der Waals surface area (Å²) in [6, 6.07) is 11.6. The van der Waals surface area contributed by atoms with Crippen LogP contribution in [0.2, 0.25) is 0 Å². The van der Waals surface area contributed by atoms with Crippen LogP contribution in [0.15, 0.2) is 59.7 Å². The van der Waals surface area contributed by atoms with Crippen LogP contribution in [0, 0.1) is 0 Å². The van der Waals surface area contributed by atoms with E-state index in [0.717, 1.165) is 12.1 Å². The third kappa shape index (κ3) is 2.40. The molecule has 0 aliphatic heterocycles. The number of aromatic nitrogens is 2. The maximum absolute atomic E-state index is 12.7. The minimum atomic E-state index is -4.49. The summed E-state index contributed by atoms with van der Waals surface area (Å²) in [7, 11) is 0. The number of rotatable bonds is 1. The predicted molar refractivity (Wildman–Crippen MR) is 72.3 cm³/mol. The highest BCUT2D eigenvalue weighted by molar-refractivity contribution is 5.78. The Labute approximate surface area is 117 Å². The summed E-state index contributed by atoms with van der Waals surface area (Å²) < 4.78 is 39.4. The van der Waals surface area contributed by atoms with E-state index in [4.69, 9.17) is 0 Å². The molecule has 106 valence electrons. The molecule has 21 heavy (non-hydrogen) atoms. The molecule has 0 bridgehead atoms. The van der Waals surface area contributed by atoms with Gasteiger partial charge >= 0.3 is 6.18 Å². The summed E-state index contributed by atoms with van der Waals surface area (Å²) in [4.78, 5) is 16.4. The van der Waals surface area contributed by atoms with E-state index in [1.165, 1.54) is 17.0 Å². The molecule has 3 aromatic rings. The predicted octanol–water partition coefficient (Wildman–Crippen LogP) is 3.40. The van der Waals surface area contributed by atoms with Gasteiger partial charge in [0, 0.05) is 0 Å². The Bertz CT molecular complexity index is 854. The smallest absolute Gasteiger partial charge is 0.268 e. The van der Waals surface area contributed by atoms with E-state index in [2.05, 4.69) is 4.98 Å². The van der Waals surface area contributed by atoms with Crippen molar-refractivity contribution in [1.82, 2.24) is 9.55 Å². The molecule has 1 aromatic heterocycles. The molecule has 0 fully saturated rings. The SMILES string of the molecule is O=c1c2cc(C(F)(F)F)ccc2ncn1-c1ccccc1. The van der Waals surface area contributed by atoms with Crippen LogP contribution in [0.25, 0.3) is 16.6 Å². The van der Waals surface area contributed by atoms with Gasteiger partial charge in [-0.15, -0.1) is 0 Å². The molecule has 3 rings (SSSR count). The average molecular weight is 290 g/mol. The Morgan fingerprint density at radius 2 is 1.71 bits per heavy atom. The summed E-state index contributed by atoms with van der Waals surface area (Å²) >= 11 is 0. The van der Waals surface area contributed by atoms with Gasteiger partial charge in [-0.25, -0.2) is 4.98 Å². The topological polar surface area (TPSA) is 34.9 Å². The molecule has 0 spiro atoms. The zero-order chi connectivity index (χ0) is 15.0. The third-order valence-corrected chi connectivity index (χ3v) is 3.12. The van der Waals surface area contributed by atoms with Gasteiger partial charge in [0.1, 0.15) is 6.33 Å². The fourth-order valence-corrected chi connectivity index (χ4v) is 2.07. The van der Waals surface area contributed by atoms with Crippen LogP contribution in [0.5, 0.6) is 0 Å². The van der Waals surface area contributed by atoms with Gasteiger partial charge in [0.15, 0.2) is 0 Å². The van der Waals surface area contributed by atoms with Gasteiger partial charge in [0.2, 0.25) is 0 Å². The average Bonchev–Trinajstić information content (AvgIpc) is 2.47. The standard InChI is InChI=1S/C15H9F3N2O/c16-15(17,18)10-6-7-13-12(8-10)14(21)20(9-19-13)11-4-2-1-3-5-11/h1-9H. The van der Waals surface area contributed by atoms with Crippen molar-refractivity contribution < 1.29 is 13.2 Å². The molecule has 0 saturated heterocycles. The van der Waals surface area contributed by atoms with Crippen LogP contribution in [0.3, 0.4) is 0 Å². The van der Waals surface area contributed by atoms with Crippen LogP contribution < -0.4 is 5.56 Å². The first-order valence-corrected chi connectivity index (χ1v) is 6.11. The van der Waals surface area contributed by atoms with E-state index in [0.29, 0.717) is 5.69 Å². The van der Waals surface area contributed by atoms with Crippen molar-refractivity contribution in [2.75, 3.05) is 0 Å². The van der Waals surface area contributed by atoms with Gasteiger partial charge in [-0.3, -0.25) is 9.36 Å². The van der Waals surface area contributed by atoms with Crippen LogP contribution in [-0.4, -0.2) is 9.55 Å². The van der Waals surface area contributed by atoms with Gasteiger partial charge in [-0.2, -0.15) is 13.2 Å². The van der Waals surface area contributed by atoms with Gasteiger partial charge in [-0.05, 0) is 30.3 Å². The highest BCUT2D eigenvalue weighted by Crippen LogP contribution is 2.30. The van der Waals surface area contributed by atoms with E-state index in [9.17, 15) is 18.0 Å². The molecule has 2 aromatic carbocycles. The Morgan fingerprint density at radius 1 is 1.00 bits per heavy atom. The Balaban J connectivity index is 2.27. The summed E-state index contributed by atoms with van der Waals surface area (Å²) in [5, 5.41) is -0.0591. The molecular formula is C15H9F3N2O. The van der Waals surface area contributed by atoms with E-state index >= 15 is 0 Å². The quantitative estimate of drug-likeness (QED) is 0.688. The van der Waals surface area contributed by atoms with E-state index < -0.39 is 17.3 Å². The maximum Gasteiger partial charge on any atom is 0.416 e. The zero-order valence-electron chi connectivity index (χ0n) is 10.6. The lowest BCUT2D eigenvalue weighted by Crippen LogP contribution is -2.19. The molecule has 0 amide bonds. The summed E-state index contributed by atoms with van der Waals surface area (Å²) in [5.74, 6) is 0. The number of fused-ring (bicyclic) bond motifs is 1. The number of alkyl halides is 3. The van der Waals surface area contributed by atoms with Crippen molar-refractivity contribution in [2.45, 2.75) is 6.18 Å². The monoisotopic (exact) mass is 290 g/mol. The fraction of sp³-hybridized carbons (Fsp3) is 0.0667. The Kier molecular flexibility index (Phi) is 3.01. The lowest BCUT2D eigenvalue weighted by molar-refractivity contribution is -0.137. The second kappa shape index (κ2) is 4.73. The minimum absolute atomic E-state index is 0.0591. The fourth-order valence-electron chi connectivity index (χ4n) is 2.07. The maximum atomic E-state index is 12.7. The molecule has 6 heteroatoms. The summed E-state index contributed by atoms with van der Waals surface area (Å²) in [6.07, 6.45) is -3.18. The molecule has 0 atom stereocenters. The van der Waals surface area contributed by atoms with Gasteiger partial charge in [0.25, 0.3) is 5.56 Å². The van der Waals surface area contributed by atoms with Crippen molar-refractivity contribution in [3.63, 3.8) is 0 Å². The Morgan fingerprint density at radius 3 is 2.38 bits per heavy atom. The molecule has 0 radical (unpaired) electrons. The van der Waals surface area contributed by atoms with Crippen molar-refractivity contribution in [3.05, 3.63) is 70.8 Å². The number of hydrogen-bond acceptors (Lipinski definition) is 2. The second-order valence-electron chi connectivity index (χ2n) is 4.48. The molecule has 0 unspecified atom stereocenters. The summed E-state index contributed by atoms with van der Waals surface area (Å²) in [5.41, 5.74) is -0.605. The first-order chi connectivity index (χ1) is 9.97. The molecule has 1 heterocycles. The number of hydrogen-bond donors (Lipinski definition) is 0. The lowest BCUT2D eigenvalue weighted by Gasteiger charge is -2.09. The van der Waals surface area contributed by atoms with Crippen LogP contribution in [0.1, 0.15) is 5.56 Å².